The fraction of sp³-hybridized carbons (Fsp3) is 0.526. The molecule has 2 aliphatic rings. The van der Waals surface area contributed by atoms with Crippen LogP contribution in [-0.4, -0.2) is 24.4 Å². The monoisotopic (exact) mass is 325 g/mol. The van der Waals surface area contributed by atoms with Gasteiger partial charge in [-0.05, 0) is 37.8 Å². The van der Waals surface area contributed by atoms with E-state index in [0.29, 0.717) is 0 Å². The number of benzene rings is 1. The highest BCUT2D eigenvalue weighted by Gasteiger charge is 2.41. The molecule has 1 fully saturated rings. The van der Waals surface area contributed by atoms with E-state index in [1.165, 1.54) is 5.56 Å². The van der Waals surface area contributed by atoms with Crippen LogP contribution < -0.4 is 10.2 Å². The molecule has 3 rings (SSSR count). The third kappa shape index (κ3) is 3.01. The lowest BCUT2D eigenvalue weighted by molar-refractivity contribution is -0.135. The standard InChI is InChI=1S/C19H23N3O2/c1-13-12-14-6-2-5-9-17(14)22(13)19(24)16-8-4-3-7-15(16)18(23)21-11-10-20/h2,5-6,9,13,15-16H,3-4,7-8,11-12H2,1H3,(H,21,23). The van der Waals surface area contributed by atoms with Crippen molar-refractivity contribution in [2.75, 3.05) is 11.4 Å². The van der Waals surface area contributed by atoms with Gasteiger partial charge in [0, 0.05) is 17.6 Å². The third-order valence-corrected chi connectivity index (χ3v) is 5.21. The van der Waals surface area contributed by atoms with Crippen molar-refractivity contribution in [3.63, 3.8) is 0 Å². The van der Waals surface area contributed by atoms with E-state index < -0.39 is 0 Å². The molecule has 1 N–H and O–H groups in total. The summed E-state index contributed by atoms with van der Waals surface area (Å²) in [6.07, 6.45) is 4.26. The Kier molecular flexibility index (Phi) is 4.84. The number of rotatable bonds is 3. The average Bonchev–Trinajstić information content (AvgIpc) is 2.94. The maximum absolute atomic E-state index is 13.2. The molecule has 0 bridgehead atoms. The number of fused-ring (bicyclic) bond motifs is 1. The molecule has 0 saturated heterocycles. The van der Waals surface area contributed by atoms with Crippen LogP contribution in [0.3, 0.4) is 0 Å². The van der Waals surface area contributed by atoms with E-state index in [1.807, 2.05) is 29.2 Å². The zero-order valence-electron chi connectivity index (χ0n) is 14.0. The lowest BCUT2D eigenvalue weighted by Gasteiger charge is -2.34. The van der Waals surface area contributed by atoms with Crippen LogP contribution in [-0.2, 0) is 16.0 Å². The number of nitrogens with one attached hydrogen (secondary N) is 1. The summed E-state index contributed by atoms with van der Waals surface area (Å²) < 4.78 is 0. The van der Waals surface area contributed by atoms with Gasteiger partial charge in [-0.15, -0.1) is 0 Å². The molecule has 1 aliphatic heterocycles. The first-order valence-corrected chi connectivity index (χ1v) is 8.69. The summed E-state index contributed by atoms with van der Waals surface area (Å²) >= 11 is 0. The van der Waals surface area contributed by atoms with Gasteiger partial charge in [0.05, 0.1) is 12.0 Å². The maximum Gasteiger partial charge on any atom is 0.231 e. The molecule has 126 valence electrons. The molecule has 1 saturated carbocycles. The summed E-state index contributed by atoms with van der Waals surface area (Å²) in [6, 6.07) is 10.1. The van der Waals surface area contributed by atoms with Crippen molar-refractivity contribution in [1.29, 1.82) is 5.26 Å². The molecular formula is C19H23N3O2. The second-order valence-electron chi connectivity index (χ2n) is 6.76. The predicted octanol–water partition coefficient (Wildman–Crippen LogP) is 2.41. The molecule has 0 radical (unpaired) electrons. The van der Waals surface area contributed by atoms with Gasteiger partial charge >= 0.3 is 0 Å². The number of carbonyl (C=O) groups excluding carboxylic acids is 2. The van der Waals surface area contributed by atoms with Crippen LogP contribution in [0.15, 0.2) is 24.3 Å². The normalized spacial score (nSPS) is 25.7. The highest BCUT2D eigenvalue weighted by Crippen LogP contribution is 2.37. The van der Waals surface area contributed by atoms with Crippen molar-refractivity contribution in [2.24, 2.45) is 11.8 Å². The lowest BCUT2D eigenvalue weighted by atomic mass is 9.77. The first-order valence-electron chi connectivity index (χ1n) is 8.69. The fourth-order valence-corrected chi connectivity index (χ4v) is 4.08. The Hall–Kier alpha value is -2.35. The Bertz CT molecular complexity index is 679. The van der Waals surface area contributed by atoms with Crippen LogP contribution in [0.1, 0.15) is 38.2 Å². The van der Waals surface area contributed by atoms with Crippen molar-refractivity contribution in [3.05, 3.63) is 29.8 Å². The van der Waals surface area contributed by atoms with E-state index in [1.54, 1.807) is 0 Å². The van der Waals surface area contributed by atoms with Gasteiger partial charge in [0.2, 0.25) is 11.8 Å². The van der Waals surface area contributed by atoms with Crippen molar-refractivity contribution in [2.45, 2.75) is 45.1 Å². The number of anilines is 1. The number of nitriles is 1. The van der Waals surface area contributed by atoms with Gasteiger partial charge in [-0.3, -0.25) is 9.59 Å². The molecule has 24 heavy (non-hydrogen) atoms. The molecule has 5 heteroatoms. The third-order valence-electron chi connectivity index (χ3n) is 5.21. The van der Waals surface area contributed by atoms with Crippen LogP contribution in [0, 0.1) is 23.2 Å². The number of para-hydroxylation sites is 1. The number of nitrogens with zero attached hydrogens (tertiary/aromatic N) is 2. The lowest BCUT2D eigenvalue weighted by Crippen LogP contribution is -2.47. The second-order valence-corrected chi connectivity index (χ2v) is 6.76. The highest BCUT2D eigenvalue weighted by molar-refractivity contribution is 6.00. The van der Waals surface area contributed by atoms with E-state index in [9.17, 15) is 9.59 Å². The molecule has 0 aromatic heterocycles. The van der Waals surface area contributed by atoms with E-state index in [4.69, 9.17) is 5.26 Å². The van der Waals surface area contributed by atoms with Gasteiger partial charge in [-0.2, -0.15) is 5.26 Å². The van der Waals surface area contributed by atoms with Crippen molar-refractivity contribution in [3.8, 4) is 6.07 Å². The minimum atomic E-state index is -0.320. The maximum atomic E-state index is 13.2. The van der Waals surface area contributed by atoms with E-state index >= 15 is 0 Å². The van der Waals surface area contributed by atoms with Gasteiger partial charge in [-0.1, -0.05) is 31.0 Å². The Morgan fingerprint density at radius 3 is 2.71 bits per heavy atom. The van der Waals surface area contributed by atoms with Crippen LogP contribution in [0.2, 0.25) is 0 Å². The minimum Gasteiger partial charge on any atom is -0.343 e. The van der Waals surface area contributed by atoms with E-state index in [-0.39, 0.29) is 36.2 Å². The minimum absolute atomic E-state index is 0.000799. The highest BCUT2D eigenvalue weighted by atomic mass is 16.2. The molecule has 3 unspecified atom stereocenters. The summed E-state index contributed by atoms with van der Waals surface area (Å²) in [5, 5.41) is 11.3. The zero-order chi connectivity index (χ0) is 17.1. The second kappa shape index (κ2) is 7.04. The first-order chi connectivity index (χ1) is 11.6. The number of amides is 2. The van der Waals surface area contributed by atoms with Gasteiger partial charge in [0.1, 0.15) is 6.54 Å². The van der Waals surface area contributed by atoms with Gasteiger partial charge in [-0.25, -0.2) is 0 Å². The first kappa shape index (κ1) is 16.5. The molecule has 3 atom stereocenters. The van der Waals surface area contributed by atoms with Crippen molar-refractivity contribution in [1.82, 2.24) is 5.32 Å². The number of carbonyl (C=O) groups is 2. The molecule has 5 nitrogen and oxygen atoms in total. The summed E-state index contributed by atoms with van der Waals surface area (Å²) in [7, 11) is 0. The molecule has 2 amide bonds. The Balaban J connectivity index is 1.82. The summed E-state index contributed by atoms with van der Waals surface area (Å²) in [5.74, 6) is -0.704. The van der Waals surface area contributed by atoms with Crippen molar-refractivity contribution < 1.29 is 9.59 Å². The Labute approximate surface area is 142 Å². The molecule has 1 aromatic carbocycles. The average molecular weight is 325 g/mol. The van der Waals surface area contributed by atoms with Gasteiger partial charge in [0.25, 0.3) is 0 Å². The number of hydrogen-bond donors (Lipinski definition) is 1. The van der Waals surface area contributed by atoms with Crippen LogP contribution in [0.25, 0.3) is 0 Å². The fourth-order valence-electron chi connectivity index (χ4n) is 4.08. The largest absolute Gasteiger partial charge is 0.343 e. The summed E-state index contributed by atoms with van der Waals surface area (Å²) in [5.41, 5.74) is 2.18. The molecule has 1 aromatic rings. The van der Waals surface area contributed by atoms with Crippen LogP contribution in [0.5, 0.6) is 0 Å². The van der Waals surface area contributed by atoms with Crippen LogP contribution in [0.4, 0.5) is 5.69 Å². The quantitative estimate of drug-likeness (QED) is 0.867. The topological polar surface area (TPSA) is 73.2 Å². The molecule has 1 heterocycles. The molecule has 1 aliphatic carbocycles. The molecular weight excluding hydrogens is 302 g/mol. The zero-order valence-corrected chi connectivity index (χ0v) is 14.0. The summed E-state index contributed by atoms with van der Waals surface area (Å²) in [6.45, 7) is 2.06. The van der Waals surface area contributed by atoms with Gasteiger partial charge in [0.15, 0.2) is 0 Å². The summed E-state index contributed by atoms with van der Waals surface area (Å²) in [4.78, 5) is 27.5. The van der Waals surface area contributed by atoms with E-state index in [0.717, 1.165) is 37.8 Å². The Morgan fingerprint density at radius 2 is 1.96 bits per heavy atom. The SMILES string of the molecule is CC1Cc2ccccc2N1C(=O)C1CCCCC1C(=O)NCC#N. The van der Waals surface area contributed by atoms with Crippen molar-refractivity contribution >= 4 is 17.5 Å². The number of hydrogen-bond acceptors (Lipinski definition) is 3. The predicted molar refractivity (Wildman–Crippen MR) is 91.2 cm³/mol. The van der Waals surface area contributed by atoms with E-state index in [2.05, 4.69) is 18.3 Å². The Morgan fingerprint density at radius 1 is 1.25 bits per heavy atom. The smallest absolute Gasteiger partial charge is 0.231 e. The van der Waals surface area contributed by atoms with Gasteiger partial charge < -0.3 is 10.2 Å². The van der Waals surface area contributed by atoms with Crippen LogP contribution >= 0.6 is 0 Å². The molecule has 0 spiro atoms.